The minimum absolute atomic E-state index is 0.172. The van der Waals surface area contributed by atoms with Gasteiger partial charge in [0.2, 0.25) is 0 Å². The molecule has 1 fully saturated rings. The van der Waals surface area contributed by atoms with E-state index >= 15 is 0 Å². The van der Waals surface area contributed by atoms with Crippen molar-refractivity contribution in [3.8, 4) is 0 Å². The van der Waals surface area contributed by atoms with Crippen LogP contribution >= 0.6 is 11.6 Å². The molecule has 1 aliphatic rings. The lowest BCUT2D eigenvalue weighted by Gasteiger charge is -2.30. The summed E-state index contributed by atoms with van der Waals surface area (Å²) < 4.78 is 38.9. The lowest BCUT2D eigenvalue weighted by atomic mass is 10.1. The van der Waals surface area contributed by atoms with Gasteiger partial charge in [0.15, 0.2) is 12.2 Å². The van der Waals surface area contributed by atoms with Crippen molar-refractivity contribution in [2.24, 2.45) is 5.92 Å². The number of carbonyl (C=O) groups is 2. The molecule has 2 unspecified atom stereocenters. The van der Waals surface area contributed by atoms with Crippen molar-refractivity contribution >= 4 is 23.5 Å². The van der Waals surface area contributed by atoms with E-state index in [-0.39, 0.29) is 5.02 Å². The van der Waals surface area contributed by atoms with Gasteiger partial charge >= 0.3 is 18.1 Å². The summed E-state index contributed by atoms with van der Waals surface area (Å²) in [5, 5.41) is 35.7. The molecule has 0 radical (unpaired) electrons. The van der Waals surface area contributed by atoms with Crippen LogP contribution in [0, 0.1) is 5.92 Å². The van der Waals surface area contributed by atoms with Crippen LogP contribution in [0.25, 0.3) is 0 Å². The number of aliphatic carboxylic acids is 2. The predicted molar refractivity (Wildman–Crippen MR) is 110 cm³/mol. The van der Waals surface area contributed by atoms with Crippen LogP contribution in [0.2, 0.25) is 5.02 Å². The summed E-state index contributed by atoms with van der Waals surface area (Å²) in [6.07, 6.45) is -7.93. The highest BCUT2D eigenvalue weighted by Crippen LogP contribution is 2.36. The van der Waals surface area contributed by atoms with E-state index in [1.165, 1.54) is 6.07 Å². The van der Waals surface area contributed by atoms with Crippen molar-refractivity contribution in [3.63, 3.8) is 0 Å². The molecule has 0 aromatic heterocycles. The molecule has 1 heterocycles. The summed E-state index contributed by atoms with van der Waals surface area (Å²) >= 11 is 6.02. The van der Waals surface area contributed by atoms with Crippen LogP contribution in [0.1, 0.15) is 31.4 Å². The molecular formula is C20H28ClF3N2O6. The van der Waals surface area contributed by atoms with Gasteiger partial charge < -0.3 is 25.7 Å². The van der Waals surface area contributed by atoms with Crippen molar-refractivity contribution in [1.29, 1.82) is 0 Å². The van der Waals surface area contributed by atoms with Crippen molar-refractivity contribution in [1.82, 2.24) is 10.2 Å². The highest BCUT2D eigenvalue weighted by atomic mass is 35.5. The monoisotopic (exact) mass is 484 g/mol. The Labute approximate surface area is 188 Å². The zero-order valence-corrected chi connectivity index (χ0v) is 18.4. The second kappa shape index (κ2) is 12.4. The maximum absolute atomic E-state index is 13.0. The number of aliphatic hydroxyl groups excluding tert-OH is 2. The van der Waals surface area contributed by atoms with Crippen LogP contribution in [-0.4, -0.2) is 75.1 Å². The number of hydrogen-bond donors (Lipinski definition) is 5. The summed E-state index contributed by atoms with van der Waals surface area (Å²) in [5.41, 5.74) is -0.204. The molecule has 0 amide bonds. The fourth-order valence-corrected chi connectivity index (χ4v) is 3.47. The number of nitrogens with zero attached hydrogens (tertiary/aromatic N) is 1. The Bertz CT molecular complexity index is 754. The number of aliphatic hydroxyl groups is 2. The zero-order chi connectivity index (χ0) is 24.6. The van der Waals surface area contributed by atoms with Crippen molar-refractivity contribution in [2.45, 2.75) is 51.2 Å². The largest absolute Gasteiger partial charge is 0.479 e. The Hall–Kier alpha value is -1.92. The Balaban J connectivity index is 0.000000433. The maximum atomic E-state index is 13.0. The van der Waals surface area contributed by atoms with E-state index in [2.05, 4.69) is 24.1 Å². The molecule has 3 atom stereocenters. The molecule has 0 bridgehead atoms. The van der Waals surface area contributed by atoms with Crippen molar-refractivity contribution in [3.05, 3.63) is 34.3 Å². The molecule has 5 N–H and O–H groups in total. The van der Waals surface area contributed by atoms with E-state index in [1.54, 1.807) is 6.07 Å². The number of hydrogen-bond acceptors (Lipinski definition) is 6. The topological polar surface area (TPSA) is 130 Å². The molecule has 0 spiro atoms. The first-order chi connectivity index (χ1) is 14.8. The van der Waals surface area contributed by atoms with Crippen LogP contribution < -0.4 is 5.32 Å². The van der Waals surface area contributed by atoms with Gasteiger partial charge in [0.05, 0.1) is 10.6 Å². The fourth-order valence-electron chi connectivity index (χ4n) is 3.17. The minimum atomic E-state index is -4.41. The van der Waals surface area contributed by atoms with Gasteiger partial charge in [-0.2, -0.15) is 13.2 Å². The fraction of sp³-hybridized carbons (Fsp3) is 0.600. The van der Waals surface area contributed by atoms with Gasteiger partial charge in [0, 0.05) is 25.7 Å². The summed E-state index contributed by atoms with van der Waals surface area (Å²) in [4.78, 5) is 21.8. The minimum Gasteiger partial charge on any atom is -0.479 e. The van der Waals surface area contributed by atoms with Gasteiger partial charge in [-0.15, -0.1) is 0 Å². The summed E-state index contributed by atoms with van der Waals surface area (Å²) in [6, 6.07) is 4.51. The quantitative estimate of drug-likeness (QED) is 0.379. The third-order valence-electron chi connectivity index (χ3n) is 4.71. The Morgan fingerprint density at radius 3 is 2.16 bits per heavy atom. The standard InChI is InChI=1S/C16H22ClF3N2.C4H6O6/c1-11(2)9-22(13-6-7-21-8-13)10-12-4-3-5-14(15(12)17)16(18,19)20;5-1(3(7)8)2(6)4(9)10/h3-5,11,13,21H,6-10H2,1-2H3;1-2,5-6H,(H,7,8)(H,9,10)/t13-;/m1./s1. The molecule has 1 saturated heterocycles. The molecule has 2 rings (SSSR count). The maximum Gasteiger partial charge on any atom is 0.417 e. The molecule has 8 nitrogen and oxygen atoms in total. The molecule has 182 valence electrons. The van der Waals surface area contributed by atoms with Gasteiger partial charge in [-0.25, -0.2) is 9.59 Å². The summed E-state index contributed by atoms with van der Waals surface area (Å²) in [6.45, 7) is 7.36. The number of benzene rings is 1. The van der Waals surface area contributed by atoms with E-state index in [4.69, 9.17) is 32.0 Å². The second-order valence-electron chi connectivity index (χ2n) is 7.81. The van der Waals surface area contributed by atoms with E-state index < -0.39 is 35.9 Å². The number of carboxylic acids is 2. The average molecular weight is 485 g/mol. The van der Waals surface area contributed by atoms with Gasteiger partial charge in [-0.1, -0.05) is 37.6 Å². The third kappa shape index (κ3) is 8.55. The van der Waals surface area contributed by atoms with Crippen LogP contribution in [0.4, 0.5) is 13.2 Å². The van der Waals surface area contributed by atoms with Crippen LogP contribution in [0.15, 0.2) is 18.2 Å². The average Bonchev–Trinajstić information content (AvgIpc) is 3.21. The smallest absolute Gasteiger partial charge is 0.417 e. The van der Waals surface area contributed by atoms with Crippen LogP contribution in [0.5, 0.6) is 0 Å². The molecule has 0 aliphatic carbocycles. The first-order valence-electron chi connectivity index (χ1n) is 9.86. The van der Waals surface area contributed by atoms with Crippen molar-refractivity contribution < 1.29 is 43.2 Å². The lowest BCUT2D eigenvalue weighted by Crippen LogP contribution is -2.39. The van der Waals surface area contributed by atoms with E-state index in [0.29, 0.717) is 24.1 Å². The number of carboxylic acid groups (broad SMARTS) is 2. The third-order valence-corrected chi connectivity index (χ3v) is 5.16. The van der Waals surface area contributed by atoms with E-state index in [0.717, 1.165) is 32.1 Å². The van der Waals surface area contributed by atoms with Crippen molar-refractivity contribution in [2.75, 3.05) is 19.6 Å². The van der Waals surface area contributed by atoms with Gasteiger partial charge in [0.25, 0.3) is 0 Å². The first kappa shape index (κ1) is 28.1. The number of nitrogens with one attached hydrogen (secondary N) is 1. The first-order valence-corrected chi connectivity index (χ1v) is 10.2. The number of rotatable bonds is 8. The summed E-state index contributed by atoms with van der Waals surface area (Å²) in [7, 11) is 0. The molecule has 0 saturated carbocycles. The van der Waals surface area contributed by atoms with Gasteiger partial charge in [-0.3, -0.25) is 4.90 Å². The molecule has 1 aliphatic heterocycles. The number of alkyl halides is 3. The van der Waals surface area contributed by atoms with Gasteiger partial charge in [0.1, 0.15) is 0 Å². The normalized spacial score (nSPS) is 18.2. The lowest BCUT2D eigenvalue weighted by molar-refractivity contribution is -0.165. The van der Waals surface area contributed by atoms with Gasteiger partial charge in [-0.05, 0) is 30.5 Å². The molecule has 1 aromatic rings. The SMILES string of the molecule is CC(C)CN(Cc1cccc(C(F)(F)F)c1Cl)[C@@H]1CCNC1.O=C(O)C(O)C(O)C(=O)O. The van der Waals surface area contributed by atoms with E-state index in [1.807, 2.05) is 0 Å². The Kier molecular flexibility index (Phi) is 10.9. The molecule has 32 heavy (non-hydrogen) atoms. The van der Waals surface area contributed by atoms with Crippen LogP contribution in [-0.2, 0) is 22.3 Å². The summed E-state index contributed by atoms with van der Waals surface area (Å²) in [5.74, 6) is -3.09. The second-order valence-corrected chi connectivity index (χ2v) is 8.19. The van der Waals surface area contributed by atoms with Crippen LogP contribution in [0.3, 0.4) is 0 Å². The molecule has 12 heteroatoms. The van der Waals surface area contributed by atoms with E-state index in [9.17, 15) is 22.8 Å². The molecular weight excluding hydrogens is 457 g/mol. The Morgan fingerprint density at radius 2 is 1.75 bits per heavy atom. The highest BCUT2D eigenvalue weighted by Gasteiger charge is 2.34. The molecule has 1 aromatic carbocycles. The predicted octanol–water partition coefficient (Wildman–Crippen LogP) is 2.06. The highest BCUT2D eigenvalue weighted by molar-refractivity contribution is 6.32. The Morgan fingerprint density at radius 1 is 1.19 bits per heavy atom. The zero-order valence-electron chi connectivity index (χ0n) is 17.6. The number of halogens is 4.